The zero-order chi connectivity index (χ0) is 15.5. The van der Waals surface area contributed by atoms with Crippen molar-refractivity contribution in [2.24, 2.45) is 5.10 Å². The average molecular weight is 309 g/mol. The van der Waals surface area contributed by atoms with Gasteiger partial charge in [-0.2, -0.15) is 5.10 Å². The largest absolute Gasteiger partial charge is 0.493 e. The number of hydrogen-bond acceptors (Lipinski definition) is 4. The molecule has 0 aromatic heterocycles. The van der Waals surface area contributed by atoms with Crippen LogP contribution in [0.1, 0.15) is 32.3 Å². The molecule has 0 aliphatic carbocycles. The Kier molecular flexibility index (Phi) is 8.19. The van der Waals surface area contributed by atoms with Gasteiger partial charge in [0.1, 0.15) is 11.5 Å². The van der Waals surface area contributed by atoms with Gasteiger partial charge in [-0.15, -0.1) is 0 Å². The van der Waals surface area contributed by atoms with Crippen molar-refractivity contribution in [2.75, 3.05) is 20.3 Å². The minimum atomic E-state index is 0.463. The Hall–Kier alpha value is -1.82. The number of rotatable bonds is 8. The van der Waals surface area contributed by atoms with Crippen molar-refractivity contribution in [3.63, 3.8) is 0 Å². The second-order valence-corrected chi connectivity index (χ2v) is 4.75. The minimum absolute atomic E-state index is 0.463. The lowest BCUT2D eigenvalue weighted by Crippen LogP contribution is -2.28. The van der Waals surface area contributed by atoms with E-state index in [-0.39, 0.29) is 0 Å². The van der Waals surface area contributed by atoms with E-state index in [0.29, 0.717) is 18.3 Å². The van der Waals surface area contributed by atoms with Gasteiger partial charge in [0.15, 0.2) is 5.11 Å². The molecule has 0 radical (unpaired) electrons. The van der Waals surface area contributed by atoms with E-state index < -0.39 is 0 Å². The van der Waals surface area contributed by atoms with Crippen LogP contribution in [0.25, 0.3) is 0 Å². The van der Waals surface area contributed by atoms with Crippen LogP contribution in [0, 0.1) is 0 Å². The highest BCUT2D eigenvalue weighted by Crippen LogP contribution is 2.24. The van der Waals surface area contributed by atoms with Gasteiger partial charge in [-0.3, -0.25) is 5.43 Å². The molecule has 1 rings (SSSR count). The van der Waals surface area contributed by atoms with Gasteiger partial charge in [-0.1, -0.05) is 13.8 Å². The van der Waals surface area contributed by atoms with E-state index in [1.165, 1.54) is 0 Å². The highest BCUT2D eigenvalue weighted by molar-refractivity contribution is 7.80. The molecule has 6 heteroatoms. The minimum Gasteiger partial charge on any atom is -0.493 e. The zero-order valence-electron chi connectivity index (χ0n) is 12.8. The Balaban J connectivity index is 2.82. The van der Waals surface area contributed by atoms with Gasteiger partial charge >= 0.3 is 0 Å². The lowest BCUT2D eigenvalue weighted by Gasteiger charge is -2.11. The Morgan fingerprint density at radius 2 is 1.95 bits per heavy atom. The maximum absolute atomic E-state index is 5.74. The number of hydrazone groups is 1. The summed E-state index contributed by atoms with van der Waals surface area (Å²) in [5.74, 6) is 1.56. The van der Waals surface area contributed by atoms with Crippen LogP contribution in [-0.4, -0.2) is 31.6 Å². The number of nitrogens with zero attached hydrogens (tertiary/aromatic N) is 1. The number of nitrogens with one attached hydrogen (secondary N) is 2. The second kappa shape index (κ2) is 9.99. The van der Waals surface area contributed by atoms with Crippen LogP contribution >= 0.6 is 12.2 Å². The summed E-state index contributed by atoms with van der Waals surface area (Å²) in [4.78, 5) is 0. The summed E-state index contributed by atoms with van der Waals surface area (Å²) in [5, 5.41) is 7.32. The van der Waals surface area contributed by atoms with Crippen LogP contribution in [0.5, 0.6) is 11.5 Å². The summed E-state index contributed by atoms with van der Waals surface area (Å²) >= 11 is 4.95. The first-order chi connectivity index (χ1) is 10.2. The number of benzene rings is 1. The molecule has 0 spiro atoms. The Morgan fingerprint density at radius 1 is 1.24 bits per heavy atom. The van der Waals surface area contributed by atoms with Gasteiger partial charge in [0.25, 0.3) is 0 Å². The summed E-state index contributed by atoms with van der Waals surface area (Å²) in [6.45, 7) is 5.49. The van der Waals surface area contributed by atoms with E-state index in [2.05, 4.69) is 29.7 Å². The van der Waals surface area contributed by atoms with Gasteiger partial charge in [-0.05, 0) is 37.2 Å². The zero-order valence-corrected chi connectivity index (χ0v) is 13.6. The molecule has 0 saturated heterocycles. The average Bonchev–Trinajstić information content (AvgIpc) is 2.51. The van der Waals surface area contributed by atoms with Crippen molar-refractivity contribution in [2.45, 2.75) is 26.7 Å². The topological polar surface area (TPSA) is 54.9 Å². The molecule has 0 aliphatic heterocycles. The van der Waals surface area contributed by atoms with Gasteiger partial charge in [0, 0.05) is 18.7 Å². The van der Waals surface area contributed by atoms with Gasteiger partial charge in [-0.25, -0.2) is 0 Å². The maximum Gasteiger partial charge on any atom is 0.186 e. The molecular formula is C15H23N3O2S. The van der Waals surface area contributed by atoms with E-state index in [1.807, 2.05) is 18.2 Å². The number of ether oxygens (including phenoxy) is 2. The highest BCUT2D eigenvalue weighted by atomic mass is 32.1. The van der Waals surface area contributed by atoms with Crippen LogP contribution in [0.3, 0.4) is 0 Å². The van der Waals surface area contributed by atoms with E-state index in [1.54, 1.807) is 13.3 Å². The molecule has 0 saturated carbocycles. The van der Waals surface area contributed by atoms with Gasteiger partial charge in [0.2, 0.25) is 0 Å². The monoisotopic (exact) mass is 309 g/mol. The van der Waals surface area contributed by atoms with Crippen LogP contribution < -0.4 is 20.2 Å². The molecule has 1 aromatic carbocycles. The summed E-state index contributed by atoms with van der Waals surface area (Å²) in [6, 6.07) is 5.72. The van der Waals surface area contributed by atoms with Crippen LogP contribution in [0.15, 0.2) is 23.3 Å². The first-order valence-electron chi connectivity index (χ1n) is 7.11. The lowest BCUT2D eigenvalue weighted by molar-refractivity contribution is 0.301. The third kappa shape index (κ3) is 6.44. The van der Waals surface area contributed by atoms with Crippen molar-refractivity contribution in [1.29, 1.82) is 0 Å². The van der Waals surface area contributed by atoms with E-state index >= 15 is 0 Å². The molecule has 0 atom stereocenters. The molecule has 1 aromatic rings. The molecule has 2 N–H and O–H groups in total. The Morgan fingerprint density at radius 3 is 2.62 bits per heavy atom. The highest BCUT2D eigenvalue weighted by Gasteiger charge is 2.04. The van der Waals surface area contributed by atoms with Gasteiger partial charge < -0.3 is 14.8 Å². The molecule has 0 unspecified atom stereocenters. The van der Waals surface area contributed by atoms with E-state index in [9.17, 15) is 0 Å². The fraction of sp³-hybridized carbons (Fsp3) is 0.467. The molecule has 0 bridgehead atoms. The third-order valence-corrected chi connectivity index (χ3v) is 2.81. The lowest BCUT2D eigenvalue weighted by atomic mass is 10.2. The van der Waals surface area contributed by atoms with Crippen molar-refractivity contribution in [3.8, 4) is 11.5 Å². The maximum atomic E-state index is 5.74. The van der Waals surface area contributed by atoms with Crippen LogP contribution in [0.2, 0.25) is 0 Å². The number of hydrogen-bond donors (Lipinski definition) is 2. The third-order valence-electron chi connectivity index (χ3n) is 2.52. The van der Waals surface area contributed by atoms with Crippen molar-refractivity contribution in [1.82, 2.24) is 10.7 Å². The fourth-order valence-electron chi connectivity index (χ4n) is 1.48. The quantitative estimate of drug-likeness (QED) is 0.439. The summed E-state index contributed by atoms with van der Waals surface area (Å²) in [5.41, 5.74) is 3.59. The van der Waals surface area contributed by atoms with E-state index in [0.717, 1.165) is 29.9 Å². The van der Waals surface area contributed by atoms with Crippen LogP contribution in [0.4, 0.5) is 0 Å². The Labute approximate surface area is 131 Å². The molecule has 0 heterocycles. The summed E-state index contributed by atoms with van der Waals surface area (Å²) < 4.78 is 11.4. The first-order valence-corrected chi connectivity index (χ1v) is 7.52. The van der Waals surface area contributed by atoms with Crippen LogP contribution in [-0.2, 0) is 0 Å². The van der Waals surface area contributed by atoms with E-state index in [4.69, 9.17) is 21.7 Å². The molecule has 21 heavy (non-hydrogen) atoms. The van der Waals surface area contributed by atoms with Crippen molar-refractivity contribution in [3.05, 3.63) is 23.8 Å². The van der Waals surface area contributed by atoms with Gasteiger partial charge in [0.05, 0.1) is 19.4 Å². The molecule has 0 fully saturated rings. The van der Waals surface area contributed by atoms with Crippen molar-refractivity contribution < 1.29 is 9.47 Å². The molecule has 0 amide bonds. The second-order valence-electron chi connectivity index (χ2n) is 4.35. The molecule has 5 nitrogen and oxygen atoms in total. The summed E-state index contributed by atoms with van der Waals surface area (Å²) in [7, 11) is 1.74. The Bertz CT molecular complexity index is 478. The first kappa shape index (κ1) is 17.2. The summed E-state index contributed by atoms with van der Waals surface area (Å²) in [6.07, 6.45) is 3.59. The fourth-order valence-corrected chi connectivity index (χ4v) is 1.54. The predicted octanol–water partition coefficient (Wildman–Crippen LogP) is 2.69. The molecule has 116 valence electrons. The standard InChI is InChI=1S/C15H23N3O2S/c1-4-8-19-13-7-6-12(11-17-18-15(21)16-3)14(10-13)20-9-5-2/h6-7,10-11H,4-5,8-9H2,1-3H3,(H2,16,18,21)/b17-11+. The predicted molar refractivity (Wildman–Crippen MR) is 90.4 cm³/mol. The van der Waals surface area contributed by atoms with Crippen molar-refractivity contribution >= 4 is 23.5 Å². The molecular weight excluding hydrogens is 286 g/mol. The normalized spacial score (nSPS) is 10.4. The number of thiocarbonyl (C=S) groups is 1. The smallest absolute Gasteiger partial charge is 0.186 e. The SMILES string of the molecule is CCCOc1ccc(/C=N/NC(=S)NC)c(OCCC)c1. The molecule has 0 aliphatic rings.